The Morgan fingerprint density at radius 2 is 1.76 bits per heavy atom. The number of aromatic nitrogens is 2. The molecule has 178 valence electrons. The number of alkyl halides is 4. The van der Waals surface area contributed by atoms with E-state index in [1.54, 1.807) is 44.6 Å². The van der Waals surface area contributed by atoms with Gasteiger partial charge >= 0.3 is 6.18 Å². The van der Waals surface area contributed by atoms with Gasteiger partial charge in [0, 0.05) is 11.6 Å². The van der Waals surface area contributed by atoms with Gasteiger partial charge in [-0.3, -0.25) is 0 Å². The molecule has 5 nitrogen and oxygen atoms in total. The first-order valence-electron chi connectivity index (χ1n) is 10.4. The second kappa shape index (κ2) is 9.85. The molecular formula is C25H22ClF3N2O3. The maximum atomic E-state index is 13.3. The Morgan fingerprint density at radius 1 is 1.03 bits per heavy atom. The van der Waals surface area contributed by atoms with Crippen molar-refractivity contribution >= 4 is 17.3 Å². The molecule has 0 N–H and O–H groups in total. The quantitative estimate of drug-likeness (QED) is 0.351. The summed E-state index contributed by atoms with van der Waals surface area (Å²) in [6.07, 6.45) is 1.19. The molecule has 2 aromatic carbocycles. The molecule has 0 amide bonds. The van der Waals surface area contributed by atoms with E-state index >= 15 is 0 Å². The summed E-state index contributed by atoms with van der Waals surface area (Å²) >= 11 is 6.33. The summed E-state index contributed by atoms with van der Waals surface area (Å²) in [6.45, 7) is -0.112. The first kappa shape index (κ1) is 23.8. The van der Waals surface area contributed by atoms with Crippen LogP contribution in [-0.4, -0.2) is 29.4 Å². The standard InChI is InChI=1S/C25H22ClF3N2O3/c1-32-19-11-12-20(23(14-19)33-2)16-7-9-18(10-8-16)34-15-17-13-24(25(27,28)29)30-31(17)22-6-4-3-5-21(22)26/h3-4,6-14,21H,5,15H2,1-2H3. The number of halogens is 4. The van der Waals surface area contributed by atoms with Gasteiger partial charge in [0.1, 0.15) is 23.9 Å². The fourth-order valence-corrected chi connectivity index (χ4v) is 3.87. The molecule has 0 bridgehead atoms. The predicted molar refractivity (Wildman–Crippen MR) is 124 cm³/mol. The molecule has 0 fully saturated rings. The molecule has 0 spiro atoms. The molecule has 9 heteroatoms. The topological polar surface area (TPSA) is 45.5 Å². The highest BCUT2D eigenvalue weighted by atomic mass is 35.5. The Morgan fingerprint density at radius 3 is 2.41 bits per heavy atom. The summed E-state index contributed by atoms with van der Waals surface area (Å²) in [5.41, 5.74) is 1.49. The Balaban J connectivity index is 1.56. The minimum absolute atomic E-state index is 0.112. The zero-order chi connectivity index (χ0) is 24.3. The van der Waals surface area contributed by atoms with Crippen LogP contribution in [0.4, 0.5) is 13.2 Å². The van der Waals surface area contributed by atoms with Crippen LogP contribution < -0.4 is 14.2 Å². The minimum Gasteiger partial charge on any atom is -0.497 e. The molecule has 1 unspecified atom stereocenters. The zero-order valence-electron chi connectivity index (χ0n) is 18.5. The highest BCUT2D eigenvalue weighted by Crippen LogP contribution is 2.35. The molecule has 0 saturated carbocycles. The van der Waals surface area contributed by atoms with E-state index in [1.165, 1.54) is 4.68 Å². The van der Waals surface area contributed by atoms with Gasteiger partial charge < -0.3 is 14.2 Å². The third kappa shape index (κ3) is 5.07. The first-order chi connectivity index (χ1) is 16.3. The summed E-state index contributed by atoms with van der Waals surface area (Å²) in [6, 6.07) is 13.7. The highest BCUT2D eigenvalue weighted by molar-refractivity contribution is 6.25. The maximum Gasteiger partial charge on any atom is 0.435 e. The smallest absolute Gasteiger partial charge is 0.435 e. The number of nitrogens with zero attached hydrogens (tertiary/aromatic N) is 2. The normalized spacial score (nSPS) is 15.7. The Labute approximate surface area is 200 Å². The van der Waals surface area contributed by atoms with Crippen LogP contribution in [0.3, 0.4) is 0 Å². The minimum atomic E-state index is -4.58. The van der Waals surface area contributed by atoms with Crippen molar-refractivity contribution in [3.05, 3.63) is 78.1 Å². The number of rotatable bonds is 7. The monoisotopic (exact) mass is 490 g/mol. The number of hydrogen-bond acceptors (Lipinski definition) is 4. The molecule has 34 heavy (non-hydrogen) atoms. The van der Waals surface area contributed by atoms with Gasteiger partial charge in [-0.05, 0) is 48.4 Å². The van der Waals surface area contributed by atoms with Crippen molar-refractivity contribution in [1.29, 1.82) is 0 Å². The first-order valence-corrected chi connectivity index (χ1v) is 10.9. The van der Waals surface area contributed by atoms with Crippen LogP contribution in [0.15, 0.2) is 66.8 Å². The summed E-state index contributed by atoms with van der Waals surface area (Å²) in [5.74, 6) is 1.83. The van der Waals surface area contributed by atoms with Crippen molar-refractivity contribution < 1.29 is 27.4 Å². The second-order valence-electron chi connectivity index (χ2n) is 7.53. The molecule has 4 rings (SSSR count). The molecule has 1 atom stereocenters. The van der Waals surface area contributed by atoms with E-state index in [0.717, 1.165) is 17.2 Å². The molecule has 0 aliphatic heterocycles. The van der Waals surface area contributed by atoms with E-state index in [-0.39, 0.29) is 12.3 Å². The Hall–Kier alpha value is -3.39. The third-order valence-corrected chi connectivity index (χ3v) is 5.75. The Bertz CT molecular complexity index is 1220. The van der Waals surface area contributed by atoms with Gasteiger partial charge in [0.2, 0.25) is 0 Å². The van der Waals surface area contributed by atoms with Crippen molar-refractivity contribution in [2.24, 2.45) is 0 Å². The van der Waals surface area contributed by atoms with E-state index < -0.39 is 17.2 Å². The third-order valence-electron chi connectivity index (χ3n) is 5.35. The number of benzene rings is 2. The fourth-order valence-electron chi connectivity index (χ4n) is 3.60. The number of methoxy groups -OCH3 is 2. The molecule has 1 aromatic heterocycles. The van der Waals surface area contributed by atoms with Crippen LogP contribution in [0.5, 0.6) is 17.2 Å². The van der Waals surface area contributed by atoms with Gasteiger partial charge in [0.05, 0.1) is 31.0 Å². The summed E-state index contributed by atoms with van der Waals surface area (Å²) in [4.78, 5) is 0. The lowest BCUT2D eigenvalue weighted by atomic mass is 10.0. The average molecular weight is 491 g/mol. The molecule has 0 saturated heterocycles. The van der Waals surface area contributed by atoms with E-state index in [2.05, 4.69) is 5.10 Å². The molecule has 3 aromatic rings. The fraction of sp³-hybridized carbons (Fsp3) is 0.240. The molecule has 1 aliphatic carbocycles. The lowest BCUT2D eigenvalue weighted by molar-refractivity contribution is -0.141. The van der Waals surface area contributed by atoms with Crippen molar-refractivity contribution in [1.82, 2.24) is 9.78 Å². The highest BCUT2D eigenvalue weighted by Gasteiger charge is 2.36. The van der Waals surface area contributed by atoms with Gasteiger partial charge in [0.15, 0.2) is 5.69 Å². The Kier molecular flexibility index (Phi) is 6.88. The summed E-state index contributed by atoms with van der Waals surface area (Å²) in [5, 5.41) is 3.27. The summed E-state index contributed by atoms with van der Waals surface area (Å²) < 4.78 is 57.7. The van der Waals surface area contributed by atoms with Crippen LogP contribution in [0.25, 0.3) is 16.8 Å². The molecule has 1 heterocycles. The van der Waals surface area contributed by atoms with E-state index in [9.17, 15) is 13.2 Å². The van der Waals surface area contributed by atoms with Gasteiger partial charge in [-0.1, -0.05) is 24.3 Å². The predicted octanol–water partition coefficient (Wildman–Crippen LogP) is 6.57. The van der Waals surface area contributed by atoms with Gasteiger partial charge in [0.25, 0.3) is 0 Å². The van der Waals surface area contributed by atoms with Crippen LogP contribution in [-0.2, 0) is 12.8 Å². The molecular weight excluding hydrogens is 469 g/mol. The van der Waals surface area contributed by atoms with Crippen LogP contribution in [0, 0.1) is 0 Å². The van der Waals surface area contributed by atoms with E-state index in [0.29, 0.717) is 29.4 Å². The second-order valence-corrected chi connectivity index (χ2v) is 8.06. The summed E-state index contributed by atoms with van der Waals surface area (Å²) in [7, 11) is 3.16. The van der Waals surface area contributed by atoms with Crippen molar-refractivity contribution in [2.45, 2.75) is 24.6 Å². The van der Waals surface area contributed by atoms with E-state index in [4.69, 9.17) is 25.8 Å². The van der Waals surface area contributed by atoms with Crippen LogP contribution in [0.1, 0.15) is 17.8 Å². The SMILES string of the molecule is COc1ccc(-c2ccc(OCc3cc(C(F)(F)F)nn3C3=CC=CCC3Cl)cc2)c(OC)c1. The molecule has 1 aliphatic rings. The lowest BCUT2D eigenvalue weighted by Gasteiger charge is -2.18. The lowest BCUT2D eigenvalue weighted by Crippen LogP contribution is -2.16. The van der Waals surface area contributed by atoms with Crippen molar-refractivity contribution in [2.75, 3.05) is 14.2 Å². The zero-order valence-corrected chi connectivity index (χ0v) is 19.2. The van der Waals surface area contributed by atoms with Gasteiger partial charge in [-0.15, -0.1) is 11.6 Å². The van der Waals surface area contributed by atoms with Crippen molar-refractivity contribution in [3.8, 4) is 28.4 Å². The largest absolute Gasteiger partial charge is 0.497 e. The van der Waals surface area contributed by atoms with Crippen LogP contribution >= 0.6 is 11.6 Å². The van der Waals surface area contributed by atoms with E-state index in [1.807, 2.05) is 30.3 Å². The number of ether oxygens (including phenoxy) is 3. The molecule has 0 radical (unpaired) electrons. The van der Waals surface area contributed by atoms with Crippen LogP contribution in [0.2, 0.25) is 0 Å². The average Bonchev–Trinajstić information content (AvgIpc) is 3.27. The van der Waals surface area contributed by atoms with Gasteiger partial charge in [-0.25, -0.2) is 4.68 Å². The van der Waals surface area contributed by atoms with Gasteiger partial charge in [-0.2, -0.15) is 18.3 Å². The maximum absolute atomic E-state index is 13.3. The van der Waals surface area contributed by atoms with Crippen molar-refractivity contribution in [3.63, 3.8) is 0 Å². The number of allylic oxidation sites excluding steroid dienone is 4. The number of hydrogen-bond donors (Lipinski definition) is 0.